The fourth-order valence-electron chi connectivity index (χ4n) is 1.43. The lowest BCUT2D eigenvalue weighted by molar-refractivity contribution is 0.0238. The van der Waals surface area contributed by atoms with E-state index < -0.39 is 5.97 Å². The summed E-state index contributed by atoms with van der Waals surface area (Å²) in [7, 11) is 2.99. The van der Waals surface area contributed by atoms with Crippen molar-refractivity contribution in [3.63, 3.8) is 0 Å². The Labute approximate surface area is 113 Å². The van der Waals surface area contributed by atoms with E-state index in [1.807, 2.05) is 20.8 Å². The SMILES string of the molecule is COc1cc(OC)c(N)c(C(=O)OC(C)C(C)C)c1. The first-order valence-electron chi connectivity index (χ1n) is 6.13. The van der Waals surface area contributed by atoms with Gasteiger partial charge in [0.15, 0.2) is 0 Å². The normalized spacial score (nSPS) is 12.1. The van der Waals surface area contributed by atoms with Crippen LogP contribution in [0.2, 0.25) is 0 Å². The largest absolute Gasteiger partial charge is 0.497 e. The number of rotatable bonds is 5. The molecular weight excluding hydrogens is 246 g/mol. The molecule has 2 N–H and O–H groups in total. The van der Waals surface area contributed by atoms with Gasteiger partial charge in [-0.3, -0.25) is 0 Å². The third-order valence-corrected chi connectivity index (χ3v) is 3.02. The second kappa shape index (κ2) is 6.31. The predicted octanol–water partition coefficient (Wildman–Crippen LogP) is 2.49. The molecule has 1 aromatic carbocycles. The lowest BCUT2D eigenvalue weighted by atomic mass is 10.1. The van der Waals surface area contributed by atoms with Crippen molar-refractivity contribution >= 4 is 11.7 Å². The molecule has 0 aromatic heterocycles. The Balaban J connectivity index is 3.08. The van der Waals surface area contributed by atoms with Crippen LogP contribution < -0.4 is 15.2 Å². The van der Waals surface area contributed by atoms with Crippen molar-refractivity contribution in [3.8, 4) is 11.5 Å². The monoisotopic (exact) mass is 267 g/mol. The van der Waals surface area contributed by atoms with E-state index in [4.69, 9.17) is 19.9 Å². The lowest BCUT2D eigenvalue weighted by Crippen LogP contribution is -2.21. The van der Waals surface area contributed by atoms with Gasteiger partial charge in [-0.15, -0.1) is 0 Å². The number of hydrogen-bond acceptors (Lipinski definition) is 5. The van der Waals surface area contributed by atoms with Crippen LogP contribution in [-0.2, 0) is 4.74 Å². The molecule has 1 unspecified atom stereocenters. The van der Waals surface area contributed by atoms with E-state index in [0.29, 0.717) is 11.5 Å². The predicted molar refractivity (Wildman–Crippen MR) is 73.7 cm³/mol. The Morgan fingerprint density at radius 3 is 2.26 bits per heavy atom. The highest BCUT2D eigenvalue weighted by molar-refractivity contribution is 5.97. The van der Waals surface area contributed by atoms with Gasteiger partial charge in [0.1, 0.15) is 17.6 Å². The number of carbonyl (C=O) groups is 1. The Hall–Kier alpha value is -1.91. The van der Waals surface area contributed by atoms with Crippen molar-refractivity contribution in [2.45, 2.75) is 26.9 Å². The van der Waals surface area contributed by atoms with Crippen LogP contribution in [0.5, 0.6) is 11.5 Å². The average Bonchev–Trinajstić information content (AvgIpc) is 2.38. The fraction of sp³-hybridized carbons (Fsp3) is 0.500. The molecule has 106 valence electrons. The van der Waals surface area contributed by atoms with E-state index in [2.05, 4.69) is 0 Å². The molecule has 0 amide bonds. The van der Waals surface area contributed by atoms with Gasteiger partial charge >= 0.3 is 5.97 Å². The molecule has 0 aliphatic heterocycles. The van der Waals surface area contributed by atoms with Crippen LogP contribution in [0.1, 0.15) is 31.1 Å². The van der Waals surface area contributed by atoms with Crippen LogP contribution in [0.15, 0.2) is 12.1 Å². The second-order valence-electron chi connectivity index (χ2n) is 4.65. The van der Waals surface area contributed by atoms with Crippen molar-refractivity contribution in [2.75, 3.05) is 20.0 Å². The van der Waals surface area contributed by atoms with E-state index in [9.17, 15) is 4.79 Å². The molecule has 0 aliphatic rings. The summed E-state index contributed by atoms with van der Waals surface area (Å²) in [5.74, 6) is 0.646. The maximum absolute atomic E-state index is 12.1. The molecule has 0 saturated heterocycles. The highest BCUT2D eigenvalue weighted by Crippen LogP contribution is 2.31. The van der Waals surface area contributed by atoms with Crippen LogP contribution in [0.3, 0.4) is 0 Å². The third-order valence-electron chi connectivity index (χ3n) is 3.02. The van der Waals surface area contributed by atoms with Crippen LogP contribution in [0.4, 0.5) is 5.69 Å². The standard InChI is InChI=1S/C14H21NO4/c1-8(2)9(3)19-14(16)11-6-10(17-4)7-12(18-5)13(11)15/h6-9H,15H2,1-5H3. The molecule has 5 nitrogen and oxygen atoms in total. The Morgan fingerprint density at radius 2 is 1.79 bits per heavy atom. The minimum Gasteiger partial charge on any atom is -0.497 e. The summed E-state index contributed by atoms with van der Waals surface area (Å²) >= 11 is 0. The van der Waals surface area contributed by atoms with Crippen molar-refractivity contribution < 1.29 is 19.0 Å². The molecule has 5 heteroatoms. The summed E-state index contributed by atoms with van der Waals surface area (Å²) in [5.41, 5.74) is 6.40. The second-order valence-corrected chi connectivity index (χ2v) is 4.65. The van der Waals surface area contributed by atoms with E-state index in [1.165, 1.54) is 14.2 Å². The molecule has 0 heterocycles. The lowest BCUT2D eigenvalue weighted by Gasteiger charge is -2.18. The first-order chi connectivity index (χ1) is 8.90. The summed E-state index contributed by atoms with van der Waals surface area (Å²) < 4.78 is 15.6. The summed E-state index contributed by atoms with van der Waals surface area (Å²) in [6.07, 6.45) is -0.191. The topological polar surface area (TPSA) is 70.8 Å². The van der Waals surface area contributed by atoms with Crippen molar-refractivity contribution in [1.82, 2.24) is 0 Å². The number of nitrogen functional groups attached to an aromatic ring is 1. The molecule has 1 rings (SSSR count). The molecule has 1 aromatic rings. The summed E-state index contributed by atoms with van der Waals surface area (Å²) in [4.78, 5) is 12.1. The highest BCUT2D eigenvalue weighted by atomic mass is 16.5. The number of benzene rings is 1. The molecule has 0 bridgehead atoms. The molecule has 0 aliphatic carbocycles. The molecule has 1 atom stereocenters. The Bertz CT molecular complexity index is 457. The number of ether oxygens (including phenoxy) is 3. The number of nitrogens with two attached hydrogens (primary N) is 1. The van der Waals surface area contributed by atoms with Crippen LogP contribution in [-0.4, -0.2) is 26.3 Å². The van der Waals surface area contributed by atoms with E-state index >= 15 is 0 Å². The minimum absolute atomic E-state index is 0.191. The Morgan fingerprint density at radius 1 is 1.16 bits per heavy atom. The zero-order valence-electron chi connectivity index (χ0n) is 12.0. The van der Waals surface area contributed by atoms with Gasteiger partial charge < -0.3 is 19.9 Å². The number of carbonyl (C=O) groups excluding carboxylic acids is 1. The number of esters is 1. The third kappa shape index (κ3) is 3.53. The quantitative estimate of drug-likeness (QED) is 0.655. The molecular formula is C14H21NO4. The highest BCUT2D eigenvalue weighted by Gasteiger charge is 2.20. The van der Waals surface area contributed by atoms with E-state index in [1.54, 1.807) is 12.1 Å². The van der Waals surface area contributed by atoms with Crippen LogP contribution in [0, 0.1) is 5.92 Å². The smallest absolute Gasteiger partial charge is 0.340 e. The summed E-state index contributed by atoms with van der Waals surface area (Å²) in [5, 5.41) is 0. The van der Waals surface area contributed by atoms with Gasteiger partial charge in [-0.25, -0.2) is 4.79 Å². The van der Waals surface area contributed by atoms with Gasteiger partial charge in [-0.2, -0.15) is 0 Å². The maximum Gasteiger partial charge on any atom is 0.340 e. The molecule has 0 saturated carbocycles. The van der Waals surface area contributed by atoms with E-state index in [0.717, 1.165) is 0 Å². The molecule has 0 radical (unpaired) electrons. The van der Waals surface area contributed by atoms with Gasteiger partial charge in [0, 0.05) is 6.07 Å². The summed E-state index contributed by atoms with van der Waals surface area (Å²) in [6.45, 7) is 5.80. The zero-order valence-corrected chi connectivity index (χ0v) is 12.0. The zero-order chi connectivity index (χ0) is 14.6. The number of methoxy groups -OCH3 is 2. The molecule has 0 fully saturated rings. The van der Waals surface area contributed by atoms with Crippen LogP contribution >= 0.6 is 0 Å². The number of anilines is 1. The van der Waals surface area contributed by atoms with Crippen LogP contribution in [0.25, 0.3) is 0 Å². The molecule has 19 heavy (non-hydrogen) atoms. The van der Waals surface area contributed by atoms with Crippen molar-refractivity contribution in [3.05, 3.63) is 17.7 Å². The van der Waals surface area contributed by atoms with Gasteiger partial charge in [-0.05, 0) is 18.9 Å². The van der Waals surface area contributed by atoms with Crippen molar-refractivity contribution in [2.24, 2.45) is 5.92 Å². The van der Waals surface area contributed by atoms with E-state index in [-0.39, 0.29) is 23.3 Å². The van der Waals surface area contributed by atoms with Crippen molar-refractivity contribution in [1.29, 1.82) is 0 Å². The van der Waals surface area contributed by atoms with Gasteiger partial charge in [0.2, 0.25) is 0 Å². The van der Waals surface area contributed by atoms with Gasteiger partial charge in [0.05, 0.1) is 25.5 Å². The minimum atomic E-state index is -0.476. The maximum atomic E-state index is 12.1. The Kier molecular flexibility index (Phi) is 5.03. The van der Waals surface area contributed by atoms with Gasteiger partial charge in [0.25, 0.3) is 0 Å². The average molecular weight is 267 g/mol. The first-order valence-corrected chi connectivity index (χ1v) is 6.13. The summed E-state index contributed by atoms with van der Waals surface area (Å²) in [6, 6.07) is 3.17. The molecule has 0 spiro atoms. The number of hydrogen-bond donors (Lipinski definition) is 1. The fourth-order valence-corrected chi connectivity index (χ4v) is 1.43. The first kappa shape index (κ1) is 15.1. The van der Waals surface area contributed by atoms with Gasteiger partial charge in [-0.1, -0.05) is 13.8 Å².